The topological polar surface area (TPSA) is 142 Å². The van der Waals surface area contributed by atoms with Crippen molar-refractivity contribution < 1.29 is 19.1 Å². The third-order valence-corrected chi connectivity index (χ3v) is 8.93. The molecule has 3 aromatic heterocycles. The van der Waals surface area contributed by atoms with Crippen LogP contribution in [0.3, 0.4) is 0 Å². The molecule has 260 valence electrons. The molecule has 50 heavy (non-hydrogen) atoms. The summed E-state index contributed by atoms with van der Waals surface area (Å²) in [5, 5.41) is 0.910. The highest BCUT2D eigenvalue weighted by molar-refractivity contribution is 5.84. The van der Waals surface area contributed by atoms with Crippen molar-refractivity contribution in [2.45, 2.75) is 90.5 Å². The van der Waals surface area contributed by atoms with Crippen LogP contribution >= 0.6 is 0 Å². The van der Waals surface area contributed by atoms with E-state index in [9.17, 15) is 9.59 Å². The van der Waals surface area contributed by atoms with E-state index < -0.39 is 11.2 Å². The minimum atomic E-state index is -0.551. The molecular weight excluding hydrogens is 632 g/mol. The number of nitrogens with zero attached hydrogens (tertiary/aromatic N) is 6. The summed E-state index contributed by atoms with van der Waals surface area (Å²) in [7, 11) is 0. The van der Waals surface area contributed by atoms with Crippen LogP contribution < -0.4 is 0 Å². The number of carbonyl (C=O) groups is 2. The first kappa shape index (κ1) is 33.2. The number of hydrogen-bond donors (Lipinski definition) is 2. The Bertz CT molecular complexity index is 2020. The Hall–Kier alpha value is -5.26. The lowest BCUT2D eigenvalue weighted by molar-refractivity contribution is 0.0208. The van der Waals surface area contributed by atoms with E-state index in [1.807, 2.05) is 103 Å². The number of H-pyrrole nitrogens is 2. The Morgan fingerprint density at radius 3 is 1.72 bits per heavy atom. The largest absolute Gasteiger partial charge is 0.444 e. The fourth-order valence-electron chi connectivity index (χ4n) is 6.62. The van der Waals surface area contributed by atoms with Crippen molar-refractivity contribution in [3.63, 3.8) is 0 Å². The molecule has 0 saturated carbocycles. The van der Waals surface area contributed by atoms with Crippen LogP contribution in [0.1, 0.15) is 91.0 Å². The van der Waals surface area contributed by atoms with Crippen LogP contribution in [0, 0.1) is 0 Å². The normalized spacial score (nSPS) is 18.2. The van der Waals surface area contributed by atoms with Crippen LogP contribution in [0.2, 0.25) is 0 Å². The average molecular weight is 677 g/mol. The number of ether oxygens (including phenoxy) is 2. The zero-order valence-electron chi connectivity index (χ0n) is 29.5. The number of aromatic amines is 2. The molecule has 0 aliphatic carbocycles. The highest BCUT2D eigenvalue weighted by atomic mass is 16.6. The van der Waals surface area contributed by atoms with Gasteiger partial charge < -0.3 is 19.4 Å². The molecule has 0 bridgehead atoms. The number of aromatic nitrogens is 6. The summed E-state index contributed by atoms with van der Waals surface area (Å²) in [6.45, 7) is 12.6. The van der Waals surface area contributed by atoms with Crippen molar-refractivity contribution in [2.75, 3.05) is 13.1 Å². The van der Waals surface area contributed by atoms with Crippen molar-refractivity contribution in [3.05, 3.63) is 72.7 Å². The Morgan fingerprint density at radius 1 is 0.680 bits per heavy atom. The van der Waals surface area contributed by atoms with Crippen LogP contribution in [-0.2, 0) is 9.47 Å². The molecule has 2 N–H and O–H groups in total. The third kappa shape index (κ3) is 7.05. The summed E-state index contributed by atoms with van der Waals surface area (Å²) in [6.07, 6.45) is 8.32. The number of hydrogen-bond acceptors (Lipinski definition) is 8. The quantitative estimate of drug-likeness (QED) is 0.190. The first-order valence-electron chi connectivity index (χ1n) is 17.3. The van der Waals surface area contributed by atoms with Gasteiger partial charge in [0.05, 0.1) is 41.4 Å². The van der Waals surface area contributed by atoms with Gasteiger partial charge in [0.1, 0.15) is 22.9 Å². The lowest BCUT2D eigenvalue weighted by Gasteiger charge is -2.27. The van der Waals surface area contributed by atoms with Crippen LogP contribution in [0.15, 0.2) is 61.1 Å². The average Bonchev–Trinajstić information content (AvgIpc) is 3.88. The summed E-state index contributed by atoms with van der Waals surface area (Å²) in [6, 6.07) is 13.8. The van der Waals surface area contributed by atoms with Gasteiger partial charge in [0.25, 0.3) is 0 Å². The molecule has 2 amide bonds. The van der Waals surface area contributed by atoms with Gasteiger partial charge in [0.2, 0.25) is 0 Å². The lowest BCUT2D eigenvalue weighted by Crippen LogP contribution is -2.36. The van der Waals surface area contributed by atoms with Gasteiger partial charge in [-0.15, -0.1) is 0 Å². The number of benzene rings is 2. The fourth-order valence-corrected chi connectivity index (χ4v) is 6.62. The van der Waals surface area contributed by atoms with Crippen molar-refractivity contribution in [3.8, 4) is 33.9 Å². The van der Waals surface area contributed by atoms with Gasteiger partial charge in [-0.1, -0.05) is 30.3 Å². The molecule has 5 heterocycles. The third-order valence-electron chi connectivity index (χ3n) is 8.93. The molecule has 0 radical (unpaired) electrons. The van der Waals surface area contributed by atoms with Crippen LogP contribution in [0.5, 0.6) is 0 Å². The number of carbonyl (C=O) groups excluding carboxylic acids is 2. The molecule has 2 aliphatic rings. The molecular formula is C38H44N8O4. The predicted molar refractivity (Wildman–Crippen MR) is 190 cm³/mol. The number of imidazole rings is 2. The van der Waals surface area contributed by atoms with Gasteiger partial charge in [-0.2, -0.15) is 0 Å². The molecule has 12 nitrogen and oxygen atoms in total. The maximum atomic E-state index is 12.8. The first-order chi connectivity index (χ1) is 23.8. The maximum absolute atomic E-state index is 12.8. The summed E-state index contributed by atoms with van der Waals surface area (Å²) in [4.78, 5) is 54.8. The van der Waals surface area contributed by atoms with Crippen molar-refractivity contribution in [1.82, 2.24) is 39.7 Å². The van der Waals surface area contributed by atoms with Crippen molar-refractivity contribution in [1.29, 1.82) is 0 Å². The summed E-state index contributed by atoms with van der Waals surface area (Å²) >= 11 is 0. The zero-order valence-corrected chi connectivity index (χ0v) is 29.5. The Labute approximate surface area is 291 Å². The first-order valence-corrected chi connectivity index (χ1v) is 17.3. The molecule has 2 fully saturated rings. The molecule has 2 saturated heterocycles. The summed E-state index contributed by atoms with van der Waals surface area (Å²) in [5.74, 6) is 2.15. The van der Waals surface area contributed by atoms with E-state index in [1.54, 1.807) is 9.80 Å². The molecule has 0 spiro atoms. The molecule has 0 unspecified atom stereocenters. The molecule has 12 heteroatoms. The van der Waals surface area contributed by atoms with Gasteiger partial charge in [-0.3, -0.25) is 9.80 Å². The second-order valence-corrected chi connectivity index (χ2v) is 15.1. The van der Waals surface area contributed by atoms with Gasteiger partial charge in [0, 0.05) is 35.8 Å². The monoisotopic (exact) mass is 676 g/mol. The minimum Gasteiger partial charge on any atom is -0.444 e. The van der Waals surface area contributed by atoms with E-state index >= 15 is 0 Å². The van der Waals surface area contributed by atoms with E-state index in [4.69, 9.17) is 14.5 Å². The number of rotatable bonds is 5. The highest BCUT2D eigenvalue weighted by Crippen LogP contribution is 2.35. The Morgan fingerprint density at radius 2 is 1.18 bits per heavy atom. The second kappa shape index (κ2) is 12.9. The summed E-state index contributed by atoms with van der Waals surface area (Å²) < 4.78 is 11.3. The van der Waals surface area contributed by atoms with Crippen molar-refractivity contribution in [2.24, 2.45) is 0 Å². The van der Waals surface area contributed by atoms with E-state index in [0.717, 1.165) is 76.3 Å². The maximum Gasteiger partial charge on any atom is 0.410 e. The molecule has 2 atom stereocenters. The van der Waals surface area contributed by atoms with Gasteiger partial charge in [0.15, 0.2) is 5.82 Å². The minimum absolute atomic E-state index is 0.137. The van der Waals surface area contributed by atoms with Crippen LogP contribution in [0.4, 0.5) is 9.59 Å². The van der Waals surface area contributed by atoms with Crippen molar-refractivity contribution >= 4 is 23.1 Å². The van der Waals surface area contributed by atoms with Crippen LogP contribution in [-0.4, -0.2) is 76.2 Å². The summed E-state index contributed by atoms with van der Waals surface area (Å²) in [5.41, 5.74) is 4.31. The fraction of sp³-hybridized carbons (Fsp3) is 0.421. The Kier molecular flexibility index (Phi) is 8.57. The standard InChI is InChI=1S/C38H44N8O4/c1-37(2,3)49-35(47)45-17-7-9-30(45)33-40-21-28(43-33)23-11-13-24(14-12-23)32-39-20-26-19-25(15-16-27(26)42-32)29-22-41-34(44-29)31-10-8-18-46(31)36(48)50-38(4,5)6/h11-16,19-22,30-31H,7-10,17-18H2,1-6H3,(H,40,43)(H,41,44)/t30-,31-/m0/s1. The van der Waals surface area contributed by atoms with E-state index in [-0.39, 0.29) is 24.3 Å². The number of likely N-dealkylation sites (tertiary alicyclic amines) is 2. The zero-order chi connectivity index (χ0) is 35.2. The molecule has 7 rings (SSSR count). The number of fused-ring (bicyclic) bond motifs is 1. The van der Waals surface area contributed by atoms with Gasteiger partial charge in [-0.25, -0.2) is 29.5 Å². The van der Waals surface area contributed by atoms with Gasteiger partial charge in [-0.05, 0) is 84.9 Å². The number of nitrogens with one attached hydrogen (secondary N) is 2. The molecule has 2 aromatic carbocycles. The molecule has 5 aromatic rings. The predicted octanol–water partition coefficient (Wildman–Crippen LogP) is 8.22. The molecule has 2 aliphatic heterocycles. The van der Waals surface area contributed by atoms with E-state index in [1.165, 1.54) is 0 Å². The van der Waals surface area contributed by atoms with Gasteiger partial charge >= 0.3 is 12.2 Å². The lowest BCUT2D eigenvalue weighted by atomic mass is 10.1. The number of amides is 2. The Balaban J connectivity index is 1.04. The van der Waals surface area contributed by atoms with Crippen LogP contribution in [0.25, 0.3) is 44.8 Å². The SMILES string of the molecule is CC(C)(C)OC(=O)N1CCC[C@H]1c1ncc(-c2ccc(-c3ncc4cc(-c5cnc([C@@H]6CCCN6C(=O)OC(C)(C)C)[nH]5)ccc4n3)cc2)[nH]1. The second-order valence-electron chi connectivity index (χ2n) is 15.1. The smallest absolute Gasteiger partial charge is 0.410 e. The van der Waals surface area contributed by atoms with E-state index in [0.29, 0.717) is 18.9 Å². The van der Waals surface area contributed by atoms with E-state index in [2.05, 4.69) is 24.9 Å². The highest BCUT2D eigenvalue weighted by Gasteiger charge is 2.36.